The topological polar surface area (TPSA) is 59.7 Å². The summed E-state index contributed by atoms with van der Waals surface area (Å²) < 4.78 is 45.1. The molecule has 2 heterocycles. The SMILES string of the molecule is CC.CCCn1c(=O)c2c(n(C)c1=O)N(C)C(Cc1cccc(OC(F)(F)F)c1)N2Cc1ccc(C)cc1. The van der Waals surface area contributed by atoms with Gasteiger partial charge in [-0.05, 0) is 36.6 Å². The van der Waals surface area contributed by atoms with Gasteiger partial charge >= 0.3 is 12.1 Å². The lowest BCUT2D eigenvalue weighted by Crippen LogP contribution is -2.44. The lowest BCUT2D eigenvalue weighted by atomic mass is 10.1. The third kappa shape index (κ3) is 6.06. The van der Waals surface area contributed by atoms with Crippen LogP contribution in [0.3, 0.4) is 0 Å². The molecule has 0 spiro atoms. The zero-order valence-electron chi connectivity index (χ0n) is 22.7. The molecule has 1 aliphatic rings. The third-order valence-electron chi connectivity index (χ3n) is 6.39. The summed E-state index contributed by atoms with van der Waals surface area (Å²) >= 11 is 0. The van der Waals surface area contributed by atoms with Crippen LogP contribution in [0.5, 0.6) is 5.75 Å². The first-order chi connectivity index (χ1) is 18.0. The summed E-state index contributed by atoms with van der Waals surface area (Å²) in [6.07, 6.45) is -4.29. The zero-order chi connectivity index (χ0) is 28.2. The summed E-state index contributed by atoms with van der Waals surface area (Å²) in [5.74, 6) is 0.179. The molecule has 3 aromatic rings. The summed E-state index contributed by atoms with van der Waals surface area (Å²) in [6, 6.07) is 13.8. The van der Waals surface area contributed by atoms with Crippen LogP contribution in [0.2, 0.25) is 0 Å². The van der Waals surface area contributed by atoms with Gasteiger partial charge in [-0.1, -0.05) is 62.7 Å². The molecule has 1 aliphatic heterocycles. The first kappa shape index (κ1) is 28.9. The molecule has 0 saturated carbocycles. The number of hydrogen-bond donors (Lipinski definition) is 0. The smallest absolute Gasteiger partial charge is 0.406 e. The summed E-state index contributed by atoms with van der Waals surface area (Å²) in [4.78, 5) is 30.3. The Hall–Kier alpha value is -3.69. The van der Waals surface area contributed by atoms with Gasteiger partial charge in [0.25, 0.3) is 5.56 Å². The number of nitrogens with zero attached hydrogens (tertiary/aromatic N) is 4. The van der Waals surface area contributed by atoms with Gasteiger partial charge in [-0.3, -0.25) is 13.9 Å². The maximum atomic E-state index is 13.6. The Morgan fingerprint density at radius 2 is 1.63 bits per heavy atom. The van der Waals surface area contributed by atoms with Crippen molar-refractivity contribution in [3.05, 3.63) is 86.1 Å². The Labute approximate surface area is 220 Å². The van der Waals surface area contributed by atoms with E-state index in [4.69, 9.17) is 0 Å². The highest BCUT2D eigenvalue weighted by molar-refractivity contribution is 5.73. The number of aromatic nitrogens is 2. The molecular weight excluding hydrogens is 497 g/mol. The van der Waals surface area contributed by atoms with Crippen LogP contribution in [-0.2, 0) is 26.6 Å². The van der Waals surface area contributed by atoms with Gasteiger partial charge in [0.05, 0.1) is 0 Å². The van der Waals surface area contributed by atoms with Gasteiger partial charge in [0.15, 0.2) is 0 Å². The number of anilines is 2. The maximum absolute atomic E-state index is 13.6. The Morgan fingerprint density at radius 3 is 2.24 bits per heavy atom. The van der Waals surface area contributed by atoms with Crippen molar-refractivity contribution in [1.82, 2.24) is 9.13 Å². The molecular formula is C28H35F3N4O3. The van der Waals surface area contributed by atoms with Crippen LogP contribution in [0.25, 0.3) is 0 Å². The quantitative estimate of drug-likeness (QED) is 0.418. The van der Waals surface area contributed by atoms with E-state index in [0.29, 0.717) is 43.0 Å². The minimum Gasteiger partial charge on any atom is -0.406 e. The molecule has 2 aromatic carbocycles. The van der Waals surface area contributed by atoms with Gasteiger partial charge in [0.2, 0.25) is 0 Å². The van der Waals surface area contributed by atoms with Gasteiger partial charge < -0.3 is 14.5 Å². The first-order valence-corrected chi connectivity index (χ1v) is 12.7. The molecule has 1 atom stereocenters. The van der Waals surface area contributed by atoms with E-state index < -0.39 is 18.2 Å². The van der Waals surface area contributed by atoms with E-state index in [1.807, 2.05) is 61.8 Å². The average molecular weight is 533 g/mol. The van der Waals surface area contributed by atoms with Crippen LogP contribution in [0.1, 0.15) is 43.9 Å². The molecule has 4 rings (SSSR count). The van der Waals surface area contributed by atoms with Crippen molar-refractivity contribution in [2.24, 2.45) is 7.05 Å². The van der Waals surface area contributed by atoms with Gasteiger partial charge in [-0.25, -0.2) is 4.79 Å². The standard InChI is InChI=1S/C26H29F3N4O3.C2H6/c1-5-13-32-24(34)22-23(31(4)25(32)35)30(3)21(33(22)16-18-11-9-17(2)10-12-18)15-19-7-6-8-20(14-19)36-26(27,28)29;1-2/h6-12,14,21H,5,13,15-16H2,1-4H3;1-2H3. The molecule has 7 nitrogen and oxygen atoms in total. The van der Waals surface area contributed by atoms with E-state index in [9.17, 15) is 22.8 Å². The number of halogens is 3. The van der Waals surface area contributed by atoms with Crippen molar-refractivity contribution < 1.29 is 17.9 Å². The number of hydrogen-bond acceptors (Lipinski definition) is 5. The molecule has 1 aromatic heterocycles. The highest BCUT2D eigenvalue weighted by atomic mass is 19.4. The van der Waals surface area contributed by atoms with Crippen molar-refractivity contribution in [3.63, 3.8) is 0 Å². The number of aryl methyl sites for hydroxylation is 1. The van der Waals surface area contributed by atoms with E-state index in [0.717, 1.165) is 11.1 Å². The molecule has 0 radical (unpaired) electrons. The number of benzene rings is 2. The fraction of sp³-hybridized carbons (Fsp3) is 0.429. The normalized spacial score (nSPS) is 14.7. The van der Waals surface area contributed by atoms with Crippen molar-refractivity contribution in [2.75, 3.05) is 16.8 Å². The molecule has 206 valence electrons. The third-order valence-corrected chi connectivity index (χ3v) is 6.39. The van der Waals surface area contributed by atoms with Crippen molar-refractivity contribution >= 4 is 11.5 Å². The summed E-state index contributed by atoms with van der Waals surface area (Å²) in [6.45, 7) is 8.57. The number of likely N-dealkylation sites (N-methyl/N-ethyl adjacent to an activating group) is 1. The number of rotatable bonds is 7. The van der Waals surface area contributed by atoms with Gasteiger partial charge in [0.1, 0.15) is 23.4 Å². The highest BCUT2D eigenvalue weighted by Gasteiger charge is 2.39. The van der Waals surface area contributed by atoms with Crippen molar-refractivity contribution in [2.45, 2.75) is 66.2 Å². The Morgan fingerprint density at radius 1 is 0.974 bits per heavy atom. The first-order valence-electron chi connectivity index (χ1n) is 12.7. The zero-order valence-corrected chi connectivity index (χ0v) is 22.7. The molecule has 0 fully saturated rings. The van der Waals surface area contributed by atoms with Crippen LogP contribution in [0, 0.1) is 6.92 Å². The Bertz CT molecular complexity index is 1360. The predicted octanol–water partition coefficient (Wildman–Crippen LogP) is 5.22. The van der Waals surface area contributed by atoms with Gasteiger partial charge in [-0.15, -0.1) is 13.2 Å². The van der Waals surface area contributed by atoms with E-state index in [1.54, 1.807) is 20.2 Å². The molecule has 1 unspecified atom stereocenters. The maximum Gasteiger partial charge on any atom is 0.573 e. The summed E-state index contributed by atoms with van der Waals surface area (Å²) in [5.41, 5.74) is 2.31. The van der Waals surface area contributed by atoms with E-state index in [2.05, 4.69) is 4.74 Å². The summed E-state index contributed by atoms with van der Waals surface area (Å²) in [5, 5.41) is 0. The molecule has 38 heavy (non-hydrogen) atoms. The van der Waals surface area contributed by atoms with Crippen molar-refractivity contribution in [3.8, 4) is 5.75 Å². The lowest BCUT2D eigenvalue weighted by molar-refractivity contribution is -0.274. The second-order valence-corrected chi connectivity index (χ2v) is 9.07. The fourth-order valence-electron chi connectivity index (χ4n) is 4.72. The monoisotopic (exact) mass is 532 g/mol. The molecule has 0 bridgehead atoms. The summed E-state index contributed by atoms with van der Waals surface area (Å²) in [7, 11) is 3.42. The van der Waals surface area contributed by atoms with Crippen LogP contribution < -0.4 is 25.8 Å². The second kappa shape index (κ2) is 11.8. The number of alkyl halides is 3. The molecule has 0 saturated heterocycles. The molecule has 10 heteroatoms. The van der Waals surface area contributed by atoms with Crippen LogP contribution in [-0.4, -0.2) is 28.7 Å². The minimum atomic E-state index is -4.79. The molecule has 0 aliphatic carbocycles. The Balaban J connectivity index is 0.00000195. The number of fused-ring (bicyclic) bond motifs is 1. The van der Waals surface area contributed by atoms with Crippen LogP contribution in [0.4, 0.5) is 24.7 Å². The van der Waals surface area contributed by atoms with Gasteiger partial charge in [-0.2, -0.15) is 0 Å². The average Bonchev–Trinajstić information content (AvgIpc) is 3.13. The number of ether oxygens (including phenoxy) is 1. The van der Waals surface area contributed by atoms with E-state index >= 15 is 0 Å². The van der Waals surface area contributed by atoms with Crippen LogP contribution >= 0.6 is 0 Å². The largest absolute Gasteiger partial charge is 0.573 e. The van der Waals surface area contributed by atoms with Crippen molar-refractivity contribution in [1.29, 1.82) is 0 Å². The highest BCUT2D eigenvalue weighted by Crippen LogP contribution is 2.37. The Kier molecular flexibility index (Phi) is 8.96. The predicted molar refractivity (Wildman–Crippen MR) is 144 cm³/mol. The lowest BCUT2D eigenvalue weighted by Gasteiger charge is -2.31. The van der Waals surface area contributed by atoms with E-state index in [-0.39, 0.29) is 11.3 Å². The van der Waals surface area contributed by atoms with E-state index in [1.165, 1.54) is 27.3 Å². The fourth-order valence-corrected chi connectivity index (χ4v) is 4.72. The minimum absolute atomic E-state index is 0.294. The van der Waals surface area contributed by atoms with Crippen LogP contribution in [0.15, 0.2) is 58.1 Å². The molecule has 0 amide bonds. The van der Waals surface area contributed by atoms with Gasteiger partial charge in [0, 0.05) is 33.6 Å². The second-order valence-electron chi connectivity index (χ2n) is 9.07. The molecule has 0 N–H and O–H groups in total.